The van der Waals surface area contributed by atoms with Crippen LogP contribution in [0.25, 0.3) is 22.3 Å². The Labute approximate surface area is 203 Å². The molecule has 0 spiro atoms. The highest BCUT2D eigenvalue weighted by molar-refractivity contribution is 5.92. The maximum Gasteiger partial charge on any atom is 0.407 e. The first kappa shape index (κ1) is 23.3. The summed E-state index contributed by atoms with van der Waals surface area (Å²) in [5.41, 5.74) is 1.71. The second-order valence-electron chi connectivity index (χ2n) is 9.25. The number of alkyl carbamates (subject to hydrolysis) is 1. The number of rotatable bonds is 5. The van der Waals surface area contributed by atoms with E-state index < -0.39 is 11.9 Å². The van der Waals surface area contributed by atoms with Gasteiger partial charge in [-0.2, -0.15) is 0 Å². The molecule has 2 atom stereocenters. The van der Waals surface area contributed by atoms with E-state index in [1.807, 2.05) is 25.1 Å². The van der Waals surface area contributed by atoms with Crippen LogP contribution in [0.5, 0.6) is 5.75 Å². The van der Waals surface area contributed by atoms with E-state index in [9.17, 15) is 14.3 Å². The fourth-order valence-corrected chi connectivity index (χ4v) is 4.76. The van der Waals surface area contributed by atoms with E-state index in [0.29, 0.717) is 37.6 Å². The minimum Gasteiger partial charge on any atom is -0.507 e. The second-order valence-corrected chi connectivity index (χ2v) is 9.25. The van der Waals surface area contributed by atoms with Crippen molar-refractivity contribution in [1.82, 2.24) is 15.3 Å². The van der Waals surface area contributed by atoms with E-state index in [1.54, 1.807) is 0 Å². The highest BCUT2D eigenvalue weighted by Gasteiger charge is 2.26. The van der Waals surface area contributed by atoms with Gasteiger partial charge in [0.1, 0.15) is 23.5 Å². The zero-order valence-corrected chi connectivity index (χ0v) is 19.7. The van der Waals surface area contributed by atoms with E-state index in [0.717, 1.165) is 36.8 Å². The summed E-state index contributed by atoms with van der Waals surface area (Å²) < 4.78 is 25.3. The number of carbonyl (C=O) groups is 1. The van der Waals surface area contributed by atoms with Crippen molar-refractivity contribution in [1.29, 1.82) is 0 Å². The molecule has 5 rings (SSSR count). The molecule has 35 heavy (non-hydrogen) atoms. The maximum absolute atomic E-state index is 14.7. The van der Waals surface area contributed by atoms with Crippen LogP contribution in [0.2, 0.25) is 0 Å². The third kappa shape index (κ3) is 5.14. The van der Waals surface area contributed by atoms with Crippen LogP contribution in [0.1, 0.15) is 24.8 Å². The van der Waals surface area contributed by atoms with Gasteiger partial charge in [0.15, 0.2) is 5.82 Å². The number of ether oxygens (including phenoxy) is 2. The molecule has 2 N–H and O–H groups in total. The van der Waals surface area contributed by atoms with E-state index in [2.05, 4.69) is 15.2 Å². The fourth-order valence-electron chi connectivity index (χ4n) is 4.76. The number of amides is 1. The number of aromatic nitrogens is 2. The Hall–Kier alpha value is -3.46. The first-order valence-electron chi connectivity index (χ1n) is 12.0. The quantitative estimate of drug-likeness (QED) is 0.565. The monoisotopic (exact) mass is 480 g/mol. The highest BCUT2D eigenvalue weighted by atomic mass is 19.1. The summed E-state index contributed by atoms with van der Waals surface area (Å²) in [6.45, 7) is 4.99. The van der Waals surface area contributed by atoms with Crippen LogP contribution >= 0.6 is 0 Å². The Bertz CT molecular complexity index is 1210. The molecule has 2 aliphatic heterocycles. The van der Waals surface area contributed by atoms with Gasteiger partial charge >= 0.3 is 6.09 Å². The number of aryl methyl sites for hydroxylation is 1. The number of piperidine rings is 1. The van der Waals surface area contributed by atoms with E-state index in [-0.39, 0.29) is 29.2 Å². The van der Waals surface area contributed by atoms with Gasteiger partial charge in [0.05, 0.1) is 24.3 Å². The number of phenolic OH excluding ortho intramolecular Hbond substituents is 1. The summed E-state index contributed by atoms with van der Waals surface area (Å²) in [6, 6.07) is 10.1. The Balaban J connectivity index is 1.39. The molecule has 1 amide bonds. The number of phenols is 1. The molecule has 0 saturated carbocycles. The molecule has 2 fully saturated rings. The molecule has 2 saturated heterocycles. The number of nitrogens with one attached hydrogen (secondary N) is 1. The Morgan fingerprint density at radius 2 is 2.17 bits per heavy atom. The van der Waals surface area contributed by atoms with E-state index in [4.69, 9.17) is 14.5 Å². The standard InChI is InChI=1S/C26H29FN4O4/c1-16-7-8-19-21(12-16)29-24(23-20(27)5-2-6-22(23)32)30-25(19)31-10-3-4-17(14-31)13-28-26(33)35-18-9-11-34-15-18/h2,5-8,12,17-18,32H,3-4,9-11,13-15H2,1H3,(H,28,33). The summed E-state index contributed by atoms with van der Waals surface area (Å²) in [7, 11) is 0. The molecule has 0 radical (unpaired) electrons. The largest absolute Gasteiger partial charge is 0.507 e. The van der Waals surface area contributed by atoms with Crippen molar-refractivity contribution in [3.8, 4) is 17.1 Å². The number of hydrogen-bond donors (Lipinski definition) is 2. The van der Waals surface area contributed by atoms with Crippen LogP contribution in [0, 0.1) is 18.7 Å². The van der Waals surface area contributed by atoms with Gasteiger partial charge in [-0.1, -0.05) is 12.1 Å². The van der Waals surface area contributed by atoms with Gasteiger partial charge in [0, 0.05) is 31.4 Å². The summed E-state index contributed by atoms with van der Waals surface area (Å²) in [6.07, 6.45) is 2.02. The normalized spacial score (nSPS) is 20.2. The summed E-state index contributed by atoms with van der Waals surface area (Å²) in [5.74, 6) is 0.279. The third-order valence-electron chi connectivity index (χ3n) is 6.56. The molecule has 2 unspecified atom stereocenters. The number of benzene rings is 2. The van der Waals surface area contributed by atoms with Crippen LogP contribution in [0.3, 0.4) is 0 Å². The lowest BCUT2D eigenvalue weighted by atomic mass is 9.97. The van der Waals surface area contributed by atoms with Gasteiger partial charge in [0.25, 0.3) is 0 Å². The second kappa shape index (κ2) is 10.0. The first-order valence-corrected chi connectivity index (χ1v) is 12.0. The number of hydrogen-bond acceptors (Lipinski definition) is 7. The predicted octanol–water partition coefficient (Wildman–Crippen LogP) is 4.18. The van der Waals surface area contributed by atoms with Crippen LogP contribution < -0.4 is 10.2 Å². The predicted molar refractivity (Wildman–Crippen MR) is 130 cm³/mol. The van der Waals surface area contributed by atoms with Gasteiger partial charge in [0.2, 0.25) is 0 Å². The average molecular weight is 481 g/mol. The van der Waals surface area contributed by atoms with Gasteiger partial charge in [-0.25, -0.2) is 19.2 Å². The zero-order chi connectivity index (χ0) is 24.4. The average Bonchev–Trinajstić information content (AvgIpc) is 3.35. The maximum atomic E-state index is 14.7. The highest BCUT2D eigenvalue weighted by Crippen LogP contribution is 2.35. The van der Waals surface area contributed by atoms with Crippen LogP contribution in [-0.4, -0.2) is 60.1 Å². The number of halogens is 1. The number of nitrogens with zero attached hydrogens (tertiary/aromatic N) is 3. The van der Waals surface area contributed by atoms with Crippen molar-refractivity contribution in [2.75, 3.05) is 37.7 Å². The summed E-state index contributed by atoms with van der Waals surface area (Å²) >= 11 is 0. The van der Waals surface area contributed by atoms with Crippen LogP contribution in [-0.2, 0) is 9.47 Å². The van der Waals surface area contributed by atoms with Crippen molar-refractivity contribution in [2.24, 2.45) is 5.92 Å². The van der Waals surface area contributed by atoms with Gasteiger partial charge in [-0.15, -0.1) is 0 Å². The number of fused-ring (bicyclic) bond motifs is 1. The molecule has 3 heterocycles. The van der Waals surface area contributed by atoms with E-state index >= 15 is 0 Å². The van der Waals surface area contributed by atoms with Crippen molar-refractivity contribution in [2.45, 2.75) is 32.3 Å². The minimum absolute atomic E-state index is 0.00831. The Morgan fingerprint density at radius 3 is 2.97 bits per heavy atom. The molecule has 184 valence electrons. The minimum atomic E-state index is -0.574. The van der Waals surface area contributed by atoms with Gasteiger partial charge < -0.3 is 24.8 Å². The lowest BCUT2D eigenvalue weighted by Crippen LogP contribution is -2.42. The molecule has 8 nitrogen and oxygen atoms in total. The Kier molecular flexibility index (Phi) is 6.68. The van der Waals surface area contributed by atoms with Gasteiger partial charge in [-0.05, 0) is 55.5 Å². The molecule has 3 aromatic rings. The number of carbonyl (C=O) groups excluding carboxylic acids is 1. The Morgan fingerprint density at radius 1 is 1.29 bits per heavy atom. The molecular formula is C26H29FN4O4. The summed E-state index contributed by atoms with van der Waals surface area (Å²) in [5, 5.41) is 14.1. The van der Waals surface area contributed by atoms with Crippen molar-refractivity contribution >= 4 is 22.8 Å². The van der Waals surface area contributed by atoms with E-state index in [1.165, 1.54) is 18.2 Å². The topological polar surface area (TPSA) is 96.8 Å². The summed E-state index contributed by atoms with van der Waals surface area (Å²) in [4.78, 5) is 23.7. The van der Waals surface area contributed by atoms with Crippen molar-refractivity contribution < 1.29 is 23.8 Å². The van der Waals surface area contributed by atoms with Crippen molar-refractivity contribution in [3.63, 3.8) is 0 Å². The molecule has 9 heteroatoms. The first-order chi connectivity index (χ1) is 17.0. The van der Waals surface area contributed by atoms with Crippen LogP contribution in [0.15, 0.2) is 36.4 Å². The van der Waals surface area contributed by atoms with Crippen LogP contribution in [0.4, 0.5) is 15.0 Å². The third-order valence-corrected chi connectivity index (χ3v) is 6.56. The molecule has 2 aromatic carbocycles. The smallest absolute Gasteiger partial charge is 0.407 e. The molecular weight excluding hydrogens is 451 g/mol. The molecule has 0 bridgehead atoms. The molecule has 2 aliphatic rings. The zero-order valence-electron chi connectivity index (χ0n) is 19.7. The SMILES string of the molecule is Cc1ccc2c(N3CCCC(CNC(=O)OC4CCOC4)C3)nc(-c3c(O)cccc3F)nc2c1. The lowest BCUT2D eigenvalue weighted by molar-refractivity contribution is 0.0821. The lowest BCUT2D eigenvalue weighted by Gasteiger charge is -2.34. The fraction of sp³-hybridized carbons (Fsp3) is 0.423. The number of anilines is 1. The van der Waals surface area contributed by atoms with Gasteiger partial charge in [-0.3, -0.25) is 0 Å². The molecule has 1 aromatic heterocycles. The molecule has 0 aliphatic carbocycles. The van der Waals surface area contributed by atoms with Crippen molar-refractivity contribution in [3.05, 3.63) is 47.8 Å². The number of aromatic hydroxyl groups is 1.